The van der Waals surface area contributed by atoms with Gasteiger partial charge < -0.3 is 4.74 Å². The fourth-order valence-electron chi connectivity index (χ4n) is 2.28. The minimum atomic E-state index is -3.46. The highest BCUT2D eigenvalue weighted by Gasteiger charge is 2.43. The van der Waals surface area contributed by atoms with Crippen molar-refractivity contribution in [1.82, 2.24) is 0 Å². The molecule has 2 atom stereocenters. The molecule has 104 valence electrons. The molecule has 0 aliphatic carbocycles. The van der Waals surface area contributed by atoms with Crippen LogP contribution in [-0.4, -0.2) is 20.5 Å². The molecule has 0 amide bonds. The van der Waals surface area contributed by atoms with E-state index >= 15 is 0 Å². The van der Waals surface area contributed by atoms with Crippen molar-refractivity contribution in [3.8, 4) is 0 Å². The third kappa shape index (κ3) is 2.35. The Hall–Kier alpha value is -1.36. The lowest BCUT2D eigenvalue weighted by molar-refractivity contribution is -0.0244. The molecular formula is C15H13ClO3S. The van der Waals surface area contributed by atoms with Gasteiger partial charge in [0.15, 0.2) is 5.44 Å². The first-order valence-corrected chi connectivity index (χ1v) is 8.17. The first-order valence-electron chi connectivity index (χ1n) is 6.25. The van der Waals surface area contributed by atoms with Crippen molar-refractivity contribution in [2.24, 2.45) is 0 Å². The predicted molar refractivity (Wildman–Crippen MR) is 77.6 cm³/mol. The van der Waals surface area contributed by atoms with Crippen molar-refractivity contribution in [2.45, 2.75) is 16.2 Å². The van der Waals surface area contributed by atoms with Crippen molar-refractivity contribution in [1.29, 1.82) is 0 Å². The van der Waals surface area contributed by atoms with E-state index in [-0.39, 0.29) is 5.92 Å². The first-order chi connectivity index (χ1) is 9.59. The highest BCUT2D eigenvalue weighted by atomic mass is 35.5. The van der Waals surface area contributed by atoms with Gasteiger partial charge in [0.25, 0.3) is 0 Å². The van der Waals surface area contributed by atoms with Crippen molar-refractivity contribution in [3.05, 3.63) is 65.2 Å². The Kier molecular flexibility index (Phi) is 3.54. The van der Waals surface area contributed by atoms with Crippen LogP contribution in [0.5, 0.6) is 0 Å². The molecule has 0 bridgehead atoms. The van der Waals surface area contributed by atoms with Gasteiger partial charge in [-0.1, -0.05) is 41.9 Å². The lowest BCUT2D eigenvalue weighted by Crippen LogP contribution is -2.43. The summed E-state index contributed by atoms with van der Waals surface area (Å²) in [6, 6.07) is 15.6. The number of ether oxygens (including phenoxy) is 1. The minimum Gasteiger partial charge on any atom is -0.360 e. The molecule has 1 heterocycles. The monoisotopic (exact) mass is 308 g/mol. The summed E-state index contributed by atoms with van der Waals surface area (Å²) in [5.74, 6) is -0.141. The maximum atomic E-state index is 12.5. The van der Waals surface area contributed by atoms with Crippen molar-refractivity contribution in [3.63, 3.8) is 0 Å². The summed E-state index contributed by atoms with van der Waals surface area (Å²) in [6.45, 7) is 0.415. The lowest BCUT2D eigenvalue weighted by Gasteiger charge is -2.36. The number of hydrogen-bond donors (Lipinski definition) is 0. The van der Waals surface area contributed by atoms with Gasteiger partial charge in [-0.2, -0.15) is 0 Å². The quantitative estimate of drug-likeness (QED) is 0.874. The normalized spacial score (nSPS) is 22.2. The summed E-state index contributed by atoms with van der Waals surface area (Å²) in [7, 11) is -3.46. The molecule has 0 spiro atoms. The fraction of sp³-hybridized carbons (Fsp3) is 0.200. The first kappa shape index (κ1) is 13.6. The standard InChI is InChI=1S/C15H13ClO3S/c16-12-8-6-11(7-9-12)14-10-19-15(14)20(17,18)13-4-2-1-3-5-13/h1-9,14-15H,10H2/t14-,15+/m0/s1. The summed E-state index contributed by atoms with van der Waals surface area (Å²) < 4.78 is 30.4. The van der Waals surface area contributed by atoms with Gasteiger partial charge in [0.05, 0.1) is 11.5 Å². The van der Waals surface area contributed by atoms with Crippen LogP contribution in [0.15, 0.2) is 59.5 Å². The van der Waals surface area contributed by atoms with E-state index in [1.807, 2.05) is 12.1 Å². The van der Waals surface area contributed by atoms with Crippen LogP contribution in [0.25, 0.3) is 0 Å². The maximum absolute atomic E-state index is 12.5. The summed E-state index contributed by atoms with van der Waals surface area (Å²) in [6.07, 6.45) is 0. The lowest BCUT2D eigenvalue weighted by atomic mass is 9.97. The Morgan fingerprint density at radius 3 is 2.20 bits per heavy atom. The fourth-order valence-corrected chi connectivity index (χ4v) is 4.14. The zero-order valence-corrected chi connectivity index (χ0v) is 12.1. The molecular weight excluding hydrogens is 296 g/mol. The van der Waals surface area contributed by atoms with E-state index < -0.39 is 15.3 Å². The molecule has 3 rings (SSSR count). The van der Waals surface area contributed by atoms with Gasteiger partial charge >= 0.3 is 0 Å². The van der Waals surface area contributed by atoms with E-state index in [1.165, 1.54) is 0 Å². The van der Waals surface area contributed by atoms with E-state index in [2.05, 4.69) is 0 Å². The highest BCUT2D eigenvalue weighted by molar-refractivity contribution is 7.92. The van der Waals surface area contributed by atoms with Gasteiger partial charge in [0.1, 0.15) is 0 Å². The van der Waals surface area contributed by atoms with Gasteiger partial charge in [-0.05, 0) is 29.8 Å². The van der Waals surface area contributed by atoms with Crippen molar-refractivity contribution >= 4 is 21.4 Å². The largest absolute Gasteiger partial charge is 0.360 e. The van der Waals surface area contributed by atoms with E-state index in [4.69, 9.17) is 16.3 Å². The average molecular weight is 309 g/mol. The van der Waals surface area contributed by atoms with Crippen LogP contribution < -0.4 is 0 Å². The molecule has 1 aliphatic rings. The number of hydrogen-bond acceptors (Lipinski definition) is 3. The predicted octanol–water partition coefficient (Wildman–Crippen LogP) is 3.25. The van der Waals surface area contributed by atoms with Gasteiger partial charge in [0.2, 0.25) is 9.84 Å². The molecule has 0 unspecified atom stereocenters. The second-order valence-electron chi connectivity index (χ2n) is 4.72. The van der Waals surface area contributed by atoms with Crippen molar-refractivity contribution in [2.75, 3.05) is 6.61 Å². The zero-order chi connectivity index (χ0) is 14.2. The molecule has 1 fully saturated rings. The Morgan fingerprint density at radius 2 is 1.65 bits per heavy atom. The molecule has 3 nitrogen and oxygen atoms in total. The van der Waals surface area contributed by atoms with Gasteiger partial charge in [-0.3, -0.25) is 0 Å². The molecule has 2 aromatic rings. The smallest absolute Gasteiger partial charge is 0.205 e. The van der Waals surface area contributed by atoms with Gasteiger partial charge in [-0.15, -0.1) is 0 Å². The van der Waals surface area contributed by atoms with E-state index in [1.54, 1.807) is 42.5 Å². The zero-order valence-electron chi connectivity index (χ0n) is 10.6. The van der Waals surface area contributed by atoms with Crippen LogP contribution in [0, 0.1) is 0 Å². The minimum absolute atomic E-state index is 0.141. The van der Waals surface area contributed by atoms with Crippen LogP contribution in [-0.2, 0) is 14.6 Å². The molecule has 1 aliphatic heterocycles. The summed E-state index contributed by atoms with van der Waals surface area (Å²) in [4.78, 5) is 0.295. The maximum Gasteiger partial charge on any atom is 0.205 e. The molecule has 0 aromatic heterocycles. The van der Waals surface area contributed by atoms with Crippen LogP contribution in [0.2, 0.25) is 5.02 Å². The van der Waals surface area contributed by atoms with Crippen LogP contribution in [0.3, 0.4) is 0 Å². The Labute approximate surface area is 123 Å². The molecule has 20 heavy (non-hydrogen) atoms. The second-order valence-corrected chi connectivity index (χ2v) is 7.18. The van der Waals surface area contributed by atoms with E-state index in [0.29, 0.717) is 16.5 Å². The number of halogens is 1. The third-order valence-electron chi connectivity index (χ3n) is 3.44. The van der Waals surface area contributed by atoms with Gasteiger partial charge in [-0.25, -0.2) is 8.42 Å². The van der Waals surface area contributed by atoms with E-state index in [0.717, 1.165) is 5.56 Å². The molecule has 2 aromatic carbocycles. The number of rotatable bonds is 3. The summed E-state index contributed by atoms with van der Waals surface area (Å²) in [5, 5.41) is 0.636. The second kappa shape index (κ2) is 5.20. The number of sulfone groups is 1. The molecule has 5 heteroatoms. The Bertz CT molecular complexity index is 696. The Balaban J connectivity index is 1.90. The van der Waals surface area contributed by atoms with Gasteiger partial charge in [0, 0.05) is 10.9 Å². The molecule has 0 N–H and O–H groups in total. The van der Waals surface area contributed by atoms with Crippen LogP contribution in [0.4, 0.5) is 0 Å². The highest BCUT2D eigenvalue weighted by Crippen LogP contribution is 2.37. The van der Waals surface area contributed by atoms with Crippen molar-refractivity contribution < 1.29 is 13.2 Å². The van der Waals surface area contributed by atoms with E-state index in [9.17, 15) is 8.42 Å². The average Bonchev–Trinajstić information content (AvgIpc) is 2.40. The SMILES string of the molecule is O=S(=O)(c1ccccc1)[C@H]1OC[C@H]1c1ccc(Cl)cc1. The number of benzene rings is 2. The van der Waals surface area contributed by atoms with Crippen LogP contribution in [0.1, 0.15) is 11.5 Å². The third-order valence-corrected chi connectivity index (χ3v) is 5.70. The molecule has 0 radical (unpaired) electrons. The van der Waals surface area contributed by atoms with Crippen LogP contribution >= 0.6 is 11.6 Å². The summed E-state index contributed by atoms with van der Waals surface area (Å²) >= 11 is 5.85. The molecule has 1 saturated heterocycles. The molecule has 0 saturated carbocycles. The topological polar surface area (TPSA) is 43.4 Å². The summed E-state index contributed by atoms with van der Waals surface area (Å²) in [5.41, 5.74) is 0.122. The Morgan fingerprint density at radius 1 is 1.00 bits per heavy atom.